The Kier molecular flexibility index (Phi) is 7.03. The number of hydrogen-bond donors (Lipinski definition) is 2. The monoisotopic (exact) mass is 410 g/mol. The first-order chi connectivity index (χ1) is 12.8. The van der Waals surface area contributed by atoms with E-state index in [1.54, 1.807) is 31.2 Å². The van der Waals surface area contributed by atoms with Gasteiger partial charge in [0.2, 0.25) is 5.96 Å². The Labute approximate surface area is 162 Å². The highest BCUT2D eigenvalue weighted by Gasteiger charge is 2.20. The molecule has 10 heteroatoms. The summed E-state index contributed by atoms with van der Waals surface area (Å²) in [7, 11) is -4.07. The van der Waals surface area contributed by atoms with Crippen molar-refractivity contribution in [1.82, 2.24) is 0 Å². The number of guanidine groups is 1. The van der Waals surface area contributed by atoms with Crippen LogP contribution in [0.4, 0.5) is 0 Å². The third-order valence-electron chi connectivity index (χ3n) is 3.11. The zero-order valence-corrected chi connectivity index (χ0v) is 16.1. The van der Waals surface area contributed by atoms with Crippen LogP contribution in [0.5, 0.6) is 11.5 Å². The average Bonchev–Trinajstić information content (AvgIpc) is 2.57. The summed E-state index contributed by atoms with van der Waals surface area (Å²) in [6, 6.07) is 10.9. The molecular formula is C17H19ClN4O4S. The summed E-state index contributed by atoms with van der Waals surface area (Å²) in [5.74, 6) is 0.445. The average molecular weight is 411 g/mol. The number of aryl methyl sites for hydroxylation is 1. The van der Waals surface area contributed by atoms with E-state index in [1.807, 2.05) is 0 Å². The quantitative estimate of drug-likeness (QED) is 0.226. The van der Waals surface area contributed by atoms with Gasteiger partial charge in [0.15, 0.2) is 0 Å². The van der Waals surface area contributed by atoms with Gasteiger partial charge in [0.05, 0.1) is 11.6 Å². The summed E-state index contributed by atoms with van der Waals surface area (Å²) in [4.78, 5) is -0.105. The number of benzene rings is 2. The van der Waals surface area contributed by atoms with E-state index in [9.17, 15) is 8.42 Å². The standard InChI is InChI=1S/C17H19ClN4O4S/c1-12-9-13(25-8-4-7-21-22-17(19)20)11-14(10-12)26-27(23,24)16-6-3-2-5-15(16)18/h2-3,5-7,9-11H,4,8H2,1H3,(H4,19,20,22)/b21-7-. The van der Waals surface area contributed by atoms with Crippen LogP contribution in [0.1, 0.15) is 12.0 Å². The molecule has 2 aromatic carbocycles. The molecule has 0 aliphatic rings. The van der Waals surface area contributed by atoms with E-state index in [0.717, 1.165) is 5.56 Å². The first kappa shape index (κ1) is 20.5. The molecule has 0 radical (unpaired) electrons. The largest absolute Gasteiger partial charge is 0.493 e. The van der Waals surface area contributed by atoms with Crippen molar-refractivity contribution in [2.75, 3.05) is 6.61 Å². The summed E-state index contributed by atoms with van der Waals surface area (Å²) in [5, 5.41) is 7.19. The molecule has 0 aromatic heterocycles. The summed E-state index contributed by atoms with van der Waals surface area (Å²) < 4.78 is 35.6. The van der Waals surface area contributed by atoms with Gasteiger partial charge in [-0.25, -0.2) is 0 Å². The fourth-order valence-electron chi connectivity index (χ4n) is 2.06. The molecular weight excluding hydrogens is 392 g/mol. The lowest BCUT2D eigenvalue weighted by Gasteiger charge is -2.11. The van der Waals surface area contributed by atoms with Crippen molar-refractivity contribution in [2.45, 2.75) is 18.2 Å². The van der Waals surface area contributed by atoms with Gasteiger partial charge in [-0.2, -0.15) is 13.5 Å². The normalized spacial score (nSPS) is 11.3. The van der Waals surface area contributed by atoms with E-state index in [-0.39, 0.29) is 21.6 Å². The predicted octanol–water partition coefficient (Wildman–Crippen LogP) is 2.44. The lowest BCUT2D eigenvalue weighted by molar-refractivity contribution is 0.329. The van der Waals surface area contributed by atoms with Crippen LogP contribution in [0.2, 0.25) is 5.02 Å². The van der Waals surface area contributed by atoms with Gasteiger partial charge in [-0.15, -0.1) is 5.10 Å². The second kappa shape index (κ2) is 9.24. The molecule has 0 fully saturated rings. The molecule has 8 nitrogen and oxygen atoms in total. The van der Waals surface area contributed by atoms with Gasteiger partial charge < -0.3 is 20.4 Å². The summed E-state index contributed by atoms with van der Waals surface area (Å²) in [5.41, 5.74) is 11.1. The highest BCUT2D eigenvalue weighted by molar-refractivity contribution is 7.87. The second-order valence-corrected chi connectivity index (χ2v) is 7.33. The van der Waals surface area contributed by atoms with Crippen LogP contribution >= 0.6 is 11.6 Å². The Morgan fingerprint density at radius 1 is 1.19 bits per heavy atom. The van der Waals surface area contributed by atoms with Crippen LogP contribution in [0.25, 0.3) is 0 Å². The predicted molar refractivity (Wildman–Crippen MR) is 105 cm³/mol. The maximum Gasteiger partial charge on any atom is 0.340 e. The fourth-order valence-corrected chi connectivity index (χ4v) is 3.47. The number of rotatable bonds is 8. The van der Waals surface area contributed by atoms with E-state index >= 15 is 0 Å². The van der Waals surface area contributed by atoms with Crippen LogP contribution < -0.4 is 20.4 Å². The van der Waals surface area contributed by atoms with Crippen molar-refractivity contribution in [3.63, 3.8) is 0 Å². The molecule has 0 bridgehead atoms. The zero-order chi connectivity index (χ0) is 19.9. The fraction of sp³-hybridized carbons (Fsp3) is 0.176. The van der Waals surface area contributed by atoms with Gasteiger partial charge in [0.25, 0.3) is 0 Å². The molecule has 0 amide bonds. The van der Waals surface area contributed by atoms with Crippen LogP contribution in [0.3, 0.4) is 0 Å². The van der Waals surface area contributed by atoms with E-state index in [4.69, 9.17) is 32.0 Å². The van der Waals surface area contributed by atoms with E-state index < -0.39 is 10.1 Å². The molecule has 0 atom stereocenters. The highest BCUT2D eigenvalue weighted by Crippen LogP contribution is 2.28. The molecule has 0 aliphatic carbocycles. The van der Waals surface area contributed by atoms with Crippen LogP contribution in [0, 0.1) is 6.92 Å². The lowest BCUT2D eigenvalue weighted by Crippen LogP contribution is -2.21. The maximum absolute atomic E-state index is 12.4. The minimum absolute atomic E-state index is 0.0849. The van der Waals surface area contributed by atoms with Gasteiger partial charge >= 0.3 is 10.1 Å². The van der Waals surface area contributed by atoms with Crippen LogP contribution in [-0.2, 0) is 10.1 Å². The number of nitrogens with two attached hydrogens (primary N) is 2. The SMILES string of the molecule is Cc1cc(OCC/C=N\N=C(N)N)cc(OS(=O)(=O)c2ccccc2Cl)c1. The van der Waals surface area contributed by atoms with E-state index in [1.165, 1.54) is 24.4 Å². The topological polar surface area (TPSA) is 129 Å². The van der Waals surface area contributed by atoms with Crippen molar-refractivity contribution < 1.29 is 17.3 Å². The number of halogens is 1. The van der Waals surface area contributed by atoms with Gasteiger partial charge in [-0.05, 0) is 36.8 Å². The lowest BCUT2D eigenvalue weighted by atomic mass is 10.2. The molecule has 0 aliphatic heterocycles. The van der Waals surface area contributed by atoms with Crippen molar-refractivity contribution >= 4 is 33.9 Å². The number of ether oxygens (including phenoxy) is 1. The summed E-state index contributed by atoms with van der Waals surface area (Å²) in [6.45, 7) is 2.09. The Morgan fingerprint density at radius 2 is 1.89 bits per heavy atom. The van der Waals surface area contributed by atoms with E-state index in [2.05, 4.69) is 10.2 Å². The second-order valence-electron chi connectivity index (χ2n) is 5.41. The molecule has 0 saturated heterocycles. The molecule has 27 heavy (non-hydrogen) atoms. The smallest absolute Gasteiger partial charge is 0.340 e. The first-order valence-corrected chi connectivity index (χ1v) is 9.60. The van der Waals surface area contributed by atoms with Crippen LogP contribution in [0.15, 0.2) is 57.6 Å². The Morgan fingerprint density at radius 3 is 2.59 bits per heavy atom. The van der Waals surface area contributed by atoms with Crippen molar-refractivity contribution in [3.8, 4) is 11.5 Å². The van der Waals surface area contributed by atoms with Crippen LogP contribution in [-0.4, -0.2) is 27.2 Å². The Hall–Kier alpha value is -2.78. The summed E-state index contributed by atoms with van der Waals surface area (Å²) in [6.07, 6.45) is 1.95. The molecule has 0 spiro atoms. The molecule has 0 saturated carbocycles. The zero-order valence-electron chi connectivity index (χ0n) is 14.5. The molecule has 2 rings (SSSR count). The van der Waals surface area contributed by atoms with Gasteiger partial charge in [-0.1, -0.05) is 23.7 Å². The Balaban J connectivity index is 2.07. The molecule has 4 N–H and O–H groups in total. The Bertz CT molecular complexity index is 957. The number of hydrogen-bond acceptors (Lipinski definition) is 6. The van der Waals surface area contributed by atoms with Crippen molar-refractivity contribution in [3.05, 3.63) is 53.1 Å². The highest BCUT2D eigenvalue weighted by atomic mass is 35.5. The van der Waals surface area contributed by atoms with Gasteiger partial charge in [0.1, 0.15) is 16.4 Å². The molecule has 0 heterocycles. The molecule has 144 valence electrons. The summed E-state index contributed by atoms with van der Waals surface area (Å²) >= 11 is 5.95. The van der Waals surface area contributed by atoms with Gasteiger partial charge in [-0.3, -0.25) is 0 Å². The third-order valence-corrected chi connectivity index (χ3v) is 4.86. The minimum Gasteiger partial charge on any atom is -0.493 e. The molecule has 0 unspecified atom stereocenters. The van der Waals surface area contributed by atoms with E-state index in [0.29, 0.717) is 18.8 Å². The van der Waals surface area contributed by atoms with Crippen molar-refractivity contribution in [1.29, 1.82) is 0 Å². The van der Waals surface area contributed by atoms with Gasteiger partial charge in [0, 0.05) is 18.7 Å². The van der Waals surface area contributed by atoms with Crippen molar-refractivity contribution in [2.24, 2.45) is 21.7 Å². The number of nitrogens with zero attached hydrogens (tertiary/aromatic N) is 2. The maximum atomic E-state index is 12.4. The minimum atomic E-state index is -4.07. The third kappa shape index (κ3) is 6.46. The first-order valence-electron chi connectivity index (χ1n) is 7.82. The molecule has 2 aromatic rings.